The Balaban J connectivity index is 1.70. The number of benzene rings is 1. The van der Waals surface area contributed by atoms with Crippen molar-refractivity contribution < 1.29 is 33.0 Å². The fourth-order valence-corrected chi connectivity index (χ4v) is 4.59. The molecule has 1 atom stereocenters. The maximum atomic E-state index is 13.6. The van der Waals surface area contributed by atoms with Crippen molar-refractivity contribution in [1.29, 1.82) is 0 Å². The highest BCUT2D eigenvalue weighted by molar-refractivity contribution is 6.03. The van der Waals surface area contributed by atoms with E-state index in [9.17, 15) is 23.5 Å². The Morgan fingerprint density at radius 3 is 2.59 bits per heavy atom. The number of halogens is 2. The monoisotopic (exact) mass is 515 g/mol. The quantitative estimate of drug-likeness (QED) is 0.507. The van der Waals surface area contributed by atoms with Crippen molar-refractivity contribution in [3.8, 4) is 23.5 Å². The van der Waals surface area contributed by atoms with Crippen molar-refractivity contribution in [2.75, 3.05) is 6.61 Å². The molecular formula is C27H31F2N3O5. The predicted octanol–water partition coefficient (Wildman–Crippen LogP) is 3.32. The molecule has 8 nitrogen and oxygen atoms in total. The summed E-state index contributed by atoms with van der Waals surface area (Å²) in [7, 11) is 0. The standard InChI is InChI=1S/C27H31F2N3O5/c1-15(2)37-22-11-20-19(10-21(22)23(30)33)17(5-4-16-6-8-26(3,35)9-7-16)13-31-24(20)36-14-18-12-27(28,29)25(34)32-18/h10-11,13,15-16,18,35H,6-9,12,14H2,1-3H3,(H2,30,33)(H,32,34). The van der Waals surface area contributed by atoms with E-state index in [2.05, 4.69) is 22.1 Å². The number of primary amides is 1. The van der Waals surface area contributed by atoms with Gasteiger partial charge in [0.2, 0.25) is 5.88 Å². The van der Waals surface area contributed by atoms with Gasteiger partial charge in [0.1, 0.15) is 12.4 Å². The second kappa shape index (κ2) is 10.1. The number of pyridine rings is 1. The van der Waals surface area contributed by atoms with E-state index in [-0.39, 0.29) is 35.8 Å². The molecule has 1 aliphatic carbocycles. The lowest BCUT2D eigenvalue weighted by Crippen LogP contribution is -2.33. The fourth-order valence-electron chi connectivity index (χ4n) is 4.59. The number of amides is 2. The number of rotatable bonds is 6. The minimum absolute atomic E-state index is 0.109. The molecule has 2 aliphatic rings. The molecule has 2 heterocycles. The number of nitrogens with two attached hydrogens (primary N) is 1. The Morgan fingerprint density at radius 2 is 2.00 bits per heavy atom. The van der Waals surface area contributed by atoms with Crippen LogP contribution in [-0.2, 0) is 4.79 Å². The maximum absolute atomic E-state index is 13.6. The van der Waals surface area contributed by atoms with Gasteiger partial charge in [0.25, 0.3) is 11.8 Å². The van der Waals surface area contributed by atoms with Gasteiger partial charge in [-0.15, -0.1) is 0 Å². The summed E-state index contributed by atoms with van der Waals surface area (Å²) in [5.41, 5.74) is 5.66. The van der Waals surface area contributed by atoms with Crippen LogP contribution in [0, 0.1) is 17.8 Å². The number of nitrogens with one attached hydrogen (secondary N) is 1. The Bertz CT molecular complexity index is 1270. The van der Waals surface area contributed by atoms with Gasteiger partial charge in [-0.25, -0.2) is 4.98 Å². The number of hydrogen-bond acceptors (Lipinski definition) is 6. The van der Waals surface area contributed by atoms with Crippen molar-refractivity contribution in [1.82, 2.24) is 10.3 Å². The smallest absolute Gasteiger partial charge is 0.326 e. The molecule has 1 aromatic carbocycles. The highest BCUT2D eigenvalue weighted by Gasteiger charge is 2.48. The molecule has 1 unspecified atom stereocenters. The lowest BCUT2D eigenvalue weighted by molar-refractivity contribution is -0.139. The summed E-state index contributed by atoms with van der Waals surface area (Å²) in [6.45, 7) is 5.22. The number of ether oxygens (including phenoxy) is 2. The van der Waals surface area contributed by atoms with E-state index in [0.29, 0.717) is 29.2 Å². The zero-order valence-corrected chi connectivity index (χ0v) is 21.1. The topological polar surface area (TPSA) is 124 Å². The molecule has 0 bridgehead atoms. The van der Waals surface area contributed by atoms with Gasteiger partial charge in [0, 0.05) is 29.3 Å². The Hall–Kier alpha value is -3.45. The minimum atomic E-state index is -3.44. The first kappa shape index (κ1) is 26.6. The molecular weight excluding hydrogens is 484 g/mol. The Labute approximate surface area is 213 Å². The Morgan fingerprint density at radius 1 is 1.30 bits per heavy atom. The van der Waals surface area contributed by atoms with Crippen LogP contribution >= 0.6 is 0 Å². The largest absolute Gasteiger partial charge is 0.490 e. The van der Waals surface area contributed by atoms with Gasteiger partial charge in [-0.1, -0.05) is 11.8 Å². The second-order valence-electron chi connectivity index (χ2n) is 10.3. The van der Waals surface area contributed by atoms with Crippen LogP contribution in [0.1, 0.15) is 68.8 Å². The molecule has 2 amide bonds. The summed E-state index contributed by atoms with van der Waals surface area (Å²) in [6.07, 6.45) is 3.43. The lowest BCUT2D eigenvalue weighted by atomic mass is 9.80. The second-order valence-corrected chi connectivity index (χ2v) is 10.3. The van der Waals surface area contributed by atoms with Crippen LogP contribution in [0.5, 0.6) is 11.6 Å². The highest BCUT2D eigenvalue weighted by Crippen LogP contribution is 2.35. The number of nitrogens with zero attached hydrogens (tertiary/aromatic N) is 1. The molecule has 2 aromatic rings. The van der Waals surface area contributed by atoms with Crippen molar-refractivity contribution in [2.24, 2.45) is 11.7 Å². The van der Waals surface area contributed by atoms with E-state index in [4.69, 9.17) is 15.2 Å². The molecule has 2 fully saturated rings. The summed E-state index contributed by atoms with van der Waals surface area (Å²) in [6, 6.07) is 2.28. The van der Waals surface area contributed by atoms with E-state index in [0.717, 1.165) is 12.8 Å². The molecule has 1 saturated carbocycles. The number of alkyl halides is 2. The van der Waals surface area contributed by atoms with Crippen LogP contribution in [0.2, 0.25) is 0 Å². The van der Waals surface area contributed by atoms with Gasteiger partial charge in [-0.3, -0.25) is 9.59 Å². The van der Waals surface area contributed by atoms with Crippen LogP contribution in [-0.4, -0.2) is 52.2 Å². The first-order chi connectivity index (χ1) is 17.3. The van der Waals surface area contributed by atoms with E-state index in [1.54, 1.807) is 26.0 Å². The number of carbonyl (C=O) groups is 2. The van der Waals surface area contributed by atoms with Gasteiger partial charge in [0.05, 0.1) is 28.9 Å². The van der Waals surface area contributed by atoms with Crippen molar-refractivity contribution in [3.63, 3.8) is 0 Å². The van der Waals surface area contributed by atoms with Gasteiger partial charge in [0.15, 0.2) is 0 Å². The molecule has 1 saturated heterocycles. The minimum Gasteiger partial charge on any atom is -0.490 e. The number of carbonyl (C=O) groups excluding carboxylic acids is 2. The zero-order chi connectivity index (χ0) is 27.0. The van der Waals surface area contributed by atoms with Crippen molar-refractivity contribution >= 4 is 22.6 Å². The van der Waals surface area contributed by atoms with E-state index in [1.165, 1.54) is 6.20 Å². The van der Waals surface area contributed by atoms with Crippen LogP contribution in [0.3, 0.4) is 0 Å². The molecule has 4 rings (SSSR count). The lowest BCUT2D eigenvalue weighted by Gasteiger charge is -2.30. The predicted molar refractivity (Wildman–Crippen MR) is 132 cm³/mol. The number of hydrogen-bond donors (Lipinski definition) is 3. The average molecular weight is 516 g/mol. The van der Waals surface area contributed by atoms with Crippen molar-refractivity contribution in [3.05, 3.63) is 29.5 Å². The summed E-state index contributed by atoms with van der Waals surface area (Å²) >= 11 is 0. The van der Waals surface area contributed by atoms with E-state index >= 15 is 0 Å². The summed E-state index contributed by atoms with van der Waals surface area (Å²) < 4.78 is 38.8. The van der Waals surface area contributed by atoms with Gasteiger partial charge in [-0.05, 0) is 58.6 Å². The molecule has 0 radical (unpaired) electrons. The first-order valence-corrected chi connectivity index (χ1v) is 12.3. The third-order valence-corrected chi connectivity index (χ3v) is 6.64. The average Bonchev–Trinajstić information content (AvgIpc) is 3.07. The zero-order valence-electron chi connectivity index (χ0n) is 21.1. The first-order valence-electron chi connectivity index (χ1n) is 12.3. The SMILES string of the molecule is CC(C)Oc1cc2c(OCC3CC(F)(F)C(=O)N3)ncc(C#CC3CCC(C)(O)CC3)c2cc1C(N)=O. The molecule has 0 spiro atoms. The van der Waals surface area contributed by atoms with Crippen molar-refractivity contribution in [2.45, 2.75) is 76.5 Å². The summed E-state index contributed by atoms with van der Waals surface area (Å²) in [5, 5.41) is 13.4. The van der Waals surface area contributed by atoms with E-state index in [1.807, 2.05) is 6.92 Å². The van der Waals surface area contributed by atoms with Gasteiger partial charge >= 0.3 is 5.92 Å². The van der Waals surface area contributed by atoms with Gasteiger partial charge in [-0.2, -0.15) is 8.78 Å². The van der Waals surface area contributed by atoms with E-state index < -0.39 is 35.8 Å². The molecule has 1 aromatic heterocycles. The molecule has 198 valence electrons. The van der Waals surface area contributed by atoms with Crippen LogP contribution in [0.4, 0.5) is 8.78 Å². The molecule has 1 aliphatic heterocycles. The molecule has 37 heavy (non-hydrogen) atoms. The Kier molecular flexibility index (Phi) is 7.29. The summed E-state index contributed by atoms with van der Waals surface area (Å²) in [4.78, 5) is 28.0. The van der Waals surface area contributed by atoms with Crippen LogP contribution in [0.15, 0.2) is 18.3 Å². The fraction of sp³-hybridized carbons (Fsp3) is 0.519. The van der Waals surface area contributed by atoms with Crippen LogP contribution in [0.25, 0.3) is 10.8 Å². The third-order valence-electron chi connectivity index (χ3n) is 6.64. The highest BCUT2D eigenvalue weighted by atomic mass is 19.3. The van der Waals surface area contributed by atoms with Crippen LogP contribution < -0.4 is 20.5 Å². The third kappa shape index (κ3) is 6.10. The number of aliphatic hydroxyl groups is 1. The number of aromatic nitrogens is 1. The van der Waals surface area contributed by atoms with Gasteiger partial charge < -0.3 is 25.6 Å². The maximum Gasteiger partial charge on any atom is 0.326 e. The number of fused-ring (bicyclic) bond motifs is 1. The summed E-state index contributed by atoms with van der Waals surface area (Å²) in [5.74, 6) is 1.44. The normalized spacial score (nSPS) is 24.9. The molecule has 4 N–H and O–H groups in total. The molecule has 10 heteroatoms.